The summed E-state index contributed by atoms with van der Waals surface area (Å²) in [6.45, 7) is 0. The van der Waals surface area contributed by atoms with E-state index in [0.717, 1.165) is 17.6 Å². The average Bonchev–Trinajstić information content (AvgIpc) is 3.03. The fourth-order valence-corrected chi connectivity index (χ4v) is 2.68. The number of rotatable bonds is 5. The van der Waals surface area contributed by atoms with Crippen LogP contribution in [0.25, 0.3) is 22.8 Å². The molecule has 0 aliphatic carbocycles. The van der Waals surface area contributed by atoms with E-state index in [1.807, 2.05) is 24.3 Å². The quantitative estimate of drug-likeness (QED) is 0.764. The van der Waals surface area contributed by atoms with Gasteiger partial charge in [-0.3, -0.25) is 4.72 Å². The standard InChI is InChI=1S/C16H15N3O4S/c1-22-14-8-6-11(7-9-14)15-17-16(23-18-15)12-4-3-5-13(10-12)19-24(2,20)21/h3-10,19H,1-2H3. The number of ether oxygens (including phenoxy) is 1. The molecule has 1 heterocycles. The highest BCUT2D eigenvalue weighted by Gasteiger charge is 2.12. The summed E-state index contributed by atoms with van der Waals surface area (Å²) in [5.74, 6) is 1.48. The van der Waals surface area contributed by atoms with Gasteiger partial charge in [0.05, 0.1) is 13.4 Å². The summed E-state index contributed by atoms with van der Waals surface area (Å²) < 4.78 is 35.4. The molecular formula is C16H15N3O4S. The van der Waals surface area contributed by atoms with Crippen LogP contribution < -0.4 is 9.46 Å². The van der Waals surface area contributed by atoms with Gasteiger partial charge in [0.1, 0.15) is 5.75 Å². The molecule has 0 aliphatic heterocycles. The van der Waals surface area contributed by atoms with Gasteiger partial charge < -0.3 is 9.26 Å². The van der Waals surface area contributed by atoms with Crippen LogP contribution in [0.4, 0.5) is 5.69 Å². The fourth-order valence-electron chi connectivity index (χ4n) is 2.13. The number of nitrogens with zero attached hydrogens (tertiary/aromatic N) is 2. The van der Waals surface area contributed by atoms with Crippen LogP contribution >= 0.6 is 0 Å². The summed E-state index contributed by atoms with van der Waals surface area (Å²) in [6.07, 6.45) is 1.09. The molecule has 1 N–H and O–H groups in total. The first kappa shape index (κ1) is 16.0. The van der Waals surface area contributed by atoms with E-state index in [0.29, 0.717) is 23.0 Å². The van der Waals surface area contributed by atoms with Crippen molar-refractivity contribution in [3.8, 4) is 28.6 Å². The van der Waals surface area contributed by atoms with E-state index >= 15 is 0 Å². The maximum Gasteiger partial charge on any atom is 0.258 e. The molecule has 0 saturated heterocycles. The lowest BCUT2D eigenvalue weighted by Crippen LogP contribution is -2.09. The van der Waals surface area contributed by atoms with Gasteiger partial charge in [0.15, 0.2) is 0 Å². The molecule has 1 aromatic heterocycles. The Morgan fingerprint density at radius 3 is 2.50 bits per heavy atom. The van der Waals surface area contributed by atoms with E-state index in [4.69, 9.17) is 9.26 Å². The Morgan fingerprint density at radius 1 is 1.08 bits per heavy atom. The van der Waals surface area contributed by atoms with Crippen molar-refractivity contribution in [2.75, 3.05) is 18.1 Å². The molecule has 0 atom stereocenters. The van der Waals surface area contributed by atoms with Crippen LogP contribution in [0.2, 0.25) is 0 Å². The number of benzene rings is 2. The Morgan fingerprint density at radius 2 is 1.83 bits per heavy atom. The lowest BCUT2D eigenvalue weighted by Gasteiger charge is -2.04. The average molecular weight is 345 g/mol. The molecule has 0 bridgehead atoms. The molecule has 8 heteroatoms. The van der Waals surface area contributed by atoms with Gasteiger partial charge in [-0.1, -0.05) is 11.2 Å². The zero-order chi connectivity index (χ0) is 17.2. The van der Waals surface area contributed by atoms with Crippen LogP contribution in [0.15, 0.2) is 53.1 Å². The Bertz CT molecular complexity index is 949. The molecule has 3 rings (SSSR count). The first-order chi connectivity index (χ1) is 11.4. The molecule has 0 radical (unpaired) electrons. The normalized spacial score (nSPS) is 11.2. The highest BCUT2D eigenvalue weighted by atomic mass is 32.2. The minimum absolute atomic E-state index is 0.304. The molecule has 7 nitrogen and oxygen atoms in total. The third kappa shape index (κ3) is 3.72. The molecular weight excluding hydrogens is 330 g/mol. The van der Waals surface area contributed by atoms with Crippen LogP contribution in [-0.2, 0) is 10.0 Å². The highest BCUT2D eigenvalue weighted by molar-refractivity contribution is 7.92. The van der Waals surface area contributed by atoms with Crippen molar-refractivity contribution in [2.24, 2.45) is 0 Å². The van der Waals surface area contributed by atoms with E-state index in [-0.39, 0.29) is 0 Å². The molecule has 0 aliphatic rings. The van der Waals surface area contributed by atoms with Crippen molar-refractivity contribution in [3.05, 3.63) is 48.5 Å². The van der Waals surface area contributed by atoms with Crippen molar-refractivity contribution < 1.29 is 17.7 Å². The van der Waals surface area contributed by atoms with Crippen LogP contribution in [0.3, 0.4) is 0 Å². The Hall–Kier alpha value is -2.87. The van der Waals surface area contributed by atoms with Gasteiger partial charge in [-0.05, 0) is 42.5 Å². The summed E-state index contributed by atoms with van der Waals surface area (Å²) in [5, 5.41) is 3.96. The maximum atomic E-state index is 11.3. The molecule has 0 fully saturated rings. The van der Waals surface area contributed by atoms with Gasteiger partial charge in [-0.15, -0.1) is 0 Å². The zero-order valence-corrected chi connectivity index (χ0v) is 13.9. The number of aromatic nitrogens is 2. The fraction of sp³-hybridized carbons (Fsp3) is 0.125. The first-order valence-corrected chi connectivity index (χ1v) is 8.90. The predicted molar refractivity (Wildman–Crippen MR) is 90.2 cm³/mol. The minimum Gasteiger partial charge on any atom is -0.497 e. The number of sulfonamides is 1. The van der Waals surface area contributed by atoms with Crippen molar-refractivity contribution >= 4 is 15.7 Å². The maximum absolute atomic E-state index is 11.3. The monoisotopic (exact) mass is 345 g/mol. The Kier molecular flexibility index (Phi) is 4.22. The Balaban J connectivity index is 1.88. The second-order valence-corrected chi connectivity index (χ2v) is 6.86. The lowest BCUT2D eigenvalue weighted by molar-refractivity contribution is 0.415. The molecule has 3 aromatic rings. The Labute approximate surface area is 139 Å². The smallest absolute Gasteiger partial charge is 0.258 e. The SMILES string of the molecule is COc1ccc(-c2noc(-c3cccc(NS(C)(=O)=O)c3)n2)cc1. The number of nitrogens with one attached hydrogen (secondary N) is 1. The second kappa shape index (κ2) is 6.32. The van der Waals surface area contributed by atoms with E-state index in [1.165, 1.54) is 0 Å². The zero-order valence-electron chi connectivity index (χ0n) is 13.1. The summed E-state index contributed by atoms with van der Waals surface area (Å²) in [7, 11) is -1.75. The van der Waals surface area contributed by atoms with Gasteiger partial charge in [0, 0.05) is 16.8 Å². The van der Waals surface area contributed by atoms with E-state index in [9.17, 15) is 8.42 Å². The van der Waals surface area contributed by atoms with E-state index in [2.05, 4.69) is 14.9 Å². The third-order valence-electron chi connectivity index (χ3n) is 3.19. The molecule has 24 heavy (non-hydrogen) atoms. The predicted octanol–water partition coefficient (Wildman–Crippen LogP) is 2.78. The van der Waals surface area contributed by atoms with Crippen molar-refractivity contribution in [3.63, 3.8) is 0 Å². The van der Waals surface area contributed by atoms with Crippen molar-refractivity contribution in [1.82, 2.24) is 10.1 Å². The largest absolute Gasteiger partial charge is 0.497 e. The van der Waals surface area contributed by atoms with Gasteiger partial charge in [-0.2, -0.15) is 4.98 Å². The topological polar surface area (TPSA) is 94.3 Å². The summed E-state index contributed by atoms with van der Waals surface area (Å²) in [4.78, 5) is 4.35. The van der Waals surface area contributed by atoms with Gasteiger partial charge in [0.2, 0.25) is 15.8 Å². The molecule has 124 valence electrons. The summed E-state index contributed by atoms with van der Waals surface area (Å²) >= 11 is 0. The molecule has 0 saturated carbocycles. The molecule has 0 spiro atoms. The summed E-state index contributed by atoms with van der Waals surface area (Å²) in [6, 6.07) is 14.0. The van der Waals surface area contributed by atoms with Crippen LogP contribution in [0.1, 0.15) is 0 Å². The highest BCUT2D eigenvalue weighted by Crippen LogP contribution is 2.25. The molecule has 2 aromatic carbocycles. The number of hydrogen-bond acceptors (Lipinski definition) is 6. The van der Waals surface area contributed by atoms with Crippen LogP contribution in [0, 0.1) is 0 Å². The van der Waals surface area contributed by atoms with Crippen molar-refractivity contribution in [1.29, 1.82) is 0 Å². The first-order valence-electron chi connectivity index (χ1n) is 7.01. The number of anilines is 1. The van der Waals surface area contributed by atoms with Gasteiger partial charge in [0.25, 0.3) is 5.89 Å². The van der Waals surface area contributed by atoms with Gasteiger partial charge >= 0.3 is 0 Å². The number of methoxy groups -OCH3 is 1. The van der Waals surface area contributed by atoms with Crippen LogP contribution in [-0.4, -0.2) is 31.9 Å². The lowest BCUT2D eigenvalue weighted by atomic mass is 10.2. The minimum atomic E-state index is -3.35. The number of hydrogen-bond donors (Lipinski definition) is 1. The van der Waals surface area contributed by atoms with Crippen molar-refractivity contribution in [2.45, 2.75) is 0 Å². The van der Waals surface area contributed by atoms with E-state index in [1.54, 1.807) is 31.4 Å². The second-order valence-electron chi connectivity index (χ2n) is 5.11. The molecule has 0 unspecified atom stereocenters. The van der Waals surface area contributed by atoms with Gasteiger partial charge in [-0.25, -0.2) is 8.42 Å². The third-order valence-corrected chi connectivity index (χ3v) is 3.79. The van der Waals surface area contributed by atoms with E-state index < -0.39 is 10.0 Å². The molecule has 0 amide bonds. The summed E-state index contributed by atoms with van der Waals surface area (Å²) in [5.41, 5.74) is 1.84. The van der Waals surface area contributed by atoms with Crippen LogP contribution in [0.5, 0.6) is 5.75 Å².